The third kappa shape index (κ3) is 3.25. The van der Waals surface area contributed by atoms with E-state index in [2.05, 4.69) is 0 Å². The summed E-state index contributed by atoms with van der Waals surface area (Å²) in [5.74, 6) is -1.57. The number of rotatable bonds is 3. The number of hydrogen-bond acceptors (Lipinski definition) is 2. The van der Waals surface area contributed by atoms with Gasteiger partial charge in [-0.05, 0) is 36.8 Å². The molecule has 4 heteroatoms. The molecule has 1 saturated carbocycles. The molecule has 2 nitrogen and oxygen atoms in total. The Morgan fingerprint density at radius 2 is 1.90 bits per heavy atom. The molecule has 1 fully saturated rings. The highest BCUT2D eigenvalue weighted by molar-refractivity contribution is 5.82. The number of halogens is 2. The van der Waals surface area contributed by atoms with Crippen LogP contribution in [0.3, 0.4) is 0 Å². The Labute approximate surface area is 123 Å². The highest BCUT2D eigenvalue weighted by Crippen LogP contribution is 2.40. The number of Topliss-reactive ketones (excluding diaryl/α,β-unsaturated/α-hetero) is 1. The fourth-order valence-corrected chi connectivity index (χ4v) is 3.40. The maximum Gasteiger partial charge on any atom is 0.248 e. The minimum absolute atomic E-state index is 0.145. The Bertz CT molecular complexity index is 517. The molecule has 1 aliphatic heterocycles. The van der Waals surface area contributed by atoms with E-state index in [1.165, 1.54) is 0 Å². The predicted octanol–water partition coefficient (Wildman–Crippen LogP) is 4.34. The van der Waals surface area contributed by atoms with Crippen LogP contribution >= 0.6 is 0 Å². The summed E-state index contributed by atoms with van der Waals surface area (Å²) in [5.41, 5.74) is 1.08. The Hall–Kier alpha value is -1.45. The van der Waals surface area contributed by atoms with Gasteiger partial charge in [-0.1, -0.05) is 18.2 Å². The van der Waals surface area contributed by atoms with Gasteiger partial charge in [0.05, 0.1) is 6.61 Å². The first-order valence-corrected chi connectivity index (χ1v) is 7.67. The van der Waals surface area contributed by atoms with Gasteiger partial charge in [-0.15, -0.1) is 0 Å². The SMILES string of the molecule is O=C(CC1CCOc2ccccc21)C1CCC(F)(F)CC1. The highest BCUT2D eigenvalue weighted by Gasteiger charge is 2.38. The zero-order valence-corrected chi connectivity index (χ0v) is 12.0. The van der Waals surface area contributed by atoms with Crippen LogP contribution in [0.25, 0.3) is 0 Å². The lowest BCUT2D eigenvalue weighted by atomic mass is 9.79. The average molecular weight is 294 g/mol. The van der Waals surface area contributed by atoms with E-state index in [1.54, 1.807) is 0 Å². The van der Waals surface area contributed by atoms with E-state index in [-0.39, 0.29) is 30.5 Å². The number of benzene rings is 1. The monoisotopic (exact) mass is 294 g/mol. The molecule has 0 radical (unpaired) electrons. The molecule has 1 unspecified atom stereocenters. The number of hydrogen-bond donors (Lipinski definition) is 0. The molecule has 21 heavy (non-hydrogen) atoms. The number of para-hydroxylation sites is 1. The molecule has 1 aromatic rings. The second kappa shape index (κ2) is 5.74. The van der Waals surface area contributed by atoms with Crippen LogP contribution in [0, 0.1) is 5.92 Å². The van der Waals surface area contributed by atoms with Crippen molar-refractivity contribution in [1.82, 2.24) is 0 Å². The second-order valence-corrected chi connectivity index (χ2v) is 6.17. The molecule has 0 saturated heterocycles. The molecule has 114 valence electrons. The fourth-order valence-electron chi connectivity index (χ4n) is 3.40. The van der Waals surface area contributed by atoms with Crippen LogP contribution in [0.5, 0.6) is 5.75 Å². The maximum atomic E-state index is 13.2. The summed E-state index contributed by atoms with van der Waals surface area (Å²) in [5, 5.41) is 0. The topological polar surface area (TPSA) is 26.3 Å². The van der Waals surface area contributed by atoms with Gasteiger partial charge in [0.15, 0.2) is 0 Å². The molecule has 0 aromatic heterocycles. The van der Waals surface area contributed by atoms with Gasteiger partial charge in [-0.3, -0.25) is 4.79 Å². The Morgan fingerprint density at radius 3 is 2.67 bits per heavy atom. The summed E-state index contributed by atoms with van der Waals surface area (Å²) in [6, 6.07) is 7.80. The van der Waals surface area contributed by atoms with Crippen molar-refractivity contribution in [2.75, 3.05) is 6.61 Å². The lowest BCUT2D eigenvalue weighted by molar-refractivity contribution is -0.127. The zero-order chi connectivity index (χ0) is 14.9. The van der Waals surface area contributed by atoms with Crippen LogP contribution < -0.4 is 4.74 Å². The van der Waals surface area contributed by atoms with Crippen molar-refractivity contribution in [2.45, 2.75) is 50.4 Å². The molecule has 0 spiro atoms. The normalized spacial score (nSPS) is 25.0. The minimum atomic E-state index is -2.57. The maximum absolute atomic E-state index is 13.2. The van der Waals surface area contributed by atoms with E-state index >= 15 is 0 Å². The smallest absolute Gasteiger partial charge is 0.248 e. The van der Waals surface area contributed by atoms with Gasteiger partial charge < -0.3 is 4.74 Å². The largest absolute Gasteiger partial charge is 0.493 e. The Balaban J connectivity index is 1.64. The fraction of sp³-hybridized carbons (Fsp3) is 0.588. The van der Waals surface area contributed by atoms with Gasteiger partial charge in [0.2, 0.25) is 5.92 Å². The average Bonchev–Trinajstić information content (AvgIpc) is 2.47. The summed E-state index contributed by atoms with van der Waals surface area (Å²) in [7, 11) is 0. The standard InChI is InChI=1S/C17H20F2O2/c18-17(19)8-5-12(6-9-17)15(20)11-13-7-10-21-16-4-2-1-3-14(13)16/h1-4,12-13H,5-11H2. The number of carbonyl (C=O) groups is 1. The summed E-state index contributed by atoms with van der Waals surface area (Å²) >= 11 is 0. The van der Waals surface area contributed by atoms with Gasteiger partial charge in [0.1, 0.15) is 11.5 Å². The third-order valence-electron chi connectivity index (χ3n) is 4.70. The van der Waals surface area contributed by atoms with E-state index in [0.29, 0.717) is 25.9 Å². The van der Waals surface area contributed by atoms with E-state index in [4.69, 9.17) is 4.74 Å². The molecule has 1 atom stereocenters. The van der Waals surface area contributed by atoms with E-state index in [1.807, 2.05) is 24.3 Å². The van der Waals surface area contributed by atoms with Crippen molar-refractivity contribution in [1.29, 1.82) is 0 Å². The summed E-state index contributed by atoms with van der Waals surface area (Å²) in [6.07, 6.45) is 1.65. The Morgan fingerprint density at radius 1 is 1.19 bits per heavy atom. The van der Waals surface area contributed by atoms with Crippen molar-refractivity contribution in [3.8, 4) is 5.75 Å². The summed E-state index contributed by atoms with van der Waals surface area (Å²) in [6.45, 7) is 0.623. The molecule has 0 N–H and O–H groups in total. The van der Waals surface area contributed by atoms with Crippen molar-refractivity contribution >= 4 is 5.78 Å². The quantitative estimate of drug-likeness (QED) is 0.829. The van der Waals surface area contributed by atoms with Crippen molar-refractivity contribution in [2.24, 2.45) is 5.92 Å². The first-order valence-electron chi connectivity index (χ1n) is 7.67. The first-order chi connectivity index (χ1) is 10.1. The van der Waals surface area contributed by atoms with Gasteiger partial charge >= 0.3 is 0 Å². The molecule has 0 bridgehead atoms. The lowest BCUT2D eigenvalue weighted by Gasteiger charge is -2.30. The molecule has 1 aromatic carbocycles. The predicted molar refractivity (Wildman–Crippen MR) is 75.8 cm³/mol. The van der Waals surface area contributed by atoms with Crippen LogP contribution in [0.1, 0.15) is 50.0 Å². The molecular formula is C17H20F2O2. The van der Waals surface area contributed by atoms with Gasteiger partial charge in [-0.25, -0.2) is 8.78 Å². The highest BCUT2D eigenvalue weighted by atomic mass is 19.3. The molecule has 2 aliphatic rings. The van der Waals surface area contributed by atoms with E-state index < -0.39 is 5.92 Å². The van der Waals surface area contributed by atoms with Crippen molar-refractivity contribution in [3.63, 3.8) is 0 Å². The van der Waals surface area contributed by atoms with Crippen LogP contribution in [-0.2, 0) is 4.79 Å². The van der Waals surface area contributed by atoms with E-state index in [9.17, 15) is 13.6 Å². The van der Waals surface area contributed by atoms with Gasteiger partial charge in [0, 0.05) is 25.2 Å². The third-order valence-corrected chi connectivity index (χ3v) is 4.70. The second-order valence-electron chi connectivity index (χ2n) is 6.17. The molecule has 0 amide bonds. The van der Waals surface area contributed by atoms with Crippen molar-refractivity contribution < 1.29 is 18.3 Å². The van der Waals surface area contributed by atoms with Gasteiger partial charge in [0.25, 0.3) is 0 Å². The number of carbonyl (C=O) groups excluding carboxylic acids is 1. The first kappa shape index (κ1) is 14.5. The molecule has 3 rings (SSSR count). The minimum Gasteiger partial charge on any atom is -0.493 e. The number of fused-ring (bicyclic) bond motifs is 1. The summed E-state index contributed by atoms with van der Waals surface area (Å²) in [4.78, 5) is 12.4. The van der Waals surface area contributed by atoms with Crippen LogP contribution in [0.4, 0.5) is 8.78 Å². The van der Waals surface area contributed by atoms with Crippen LogP contribution in [-0.4, -0.2) is 18.3 Å². The van der Waals surface area contributed by atoms with Crippen molar-refractivity contribution in [3.05, 3.63) is 29.8 Å². The number of alkyl halides is 2. The number of ether oxygens (including phenoxy) is 1. The lowest BCUT2D eigenvalue weighted by Crippen LogP contribution is -2.29. The van der Waals surface area contributed by atoms with Crippen LogP contribution in [0.15, 0.2) is 24.3 Å². The molecule has 1 heterocycles. The number of ketones is 1. The molecular weight excluding hydrogens is 274 g/mol. The van der Waals surface area contributed by atoms with E-state index in [0.717, 1.165) is 17.7 Å². The summed E-state index contributed by atoms with van der Waals surface area (Å²) < 4.78 is 31.9. The van der Waals surface area contributed by atoms with Crippen LogP contribution in [0.2, 0.25) is 0 Å². The Kier molecular flexibility index (Phi) is 3.96. The van der Waals surface area contributed by atoms with Gasteiger partial charge in [-0.2, -0.15) is 0 Å². The zero-order valence-electron chi connectivity index (χ0n) is 12.0. The molecule has 1 aliphatic carbocycles.